The SMILES string of the molecule is N#C[C@@H]1COCCN1S(=O)(=O)Cc1ccc(F)cc1F. The Hall–Kier alpha value is -1.56. The number of morpholine rings is 1. The summed E-state index contributed by atoms with van der Waals surface area (Å²) >= 11 is 0. The Morgan fingerprint density at radius 2 is 2.20 bits per heavy atom. The molecule has 1 fully saturated rings. The second-order valence-electron chi connectivity index (χ2n) is 4.32. The van der Waals surface area contributed by atoms with E-state index in [1.54, 1.807) is 0 Å². The first kappa shape index (κ1) is 14.8. The van der Waals surface area contributed by atoms with Gasteiger partial charge in [-0.15, -0.1) is 0 Å². The van der Waals surface area contributed by atoms with Gasteiger partial charge in [0.15, 0.2) is 0 Å². The molecular formula is C12H12F2N2O3S. The Labute approximate surface area is 115 Å². The third kappa shape index (κ3) is 3.12. The molecule has 0 unspecified atom stereocenters. The largest absolute Gasteiger partial charge is 0.377 e. The predicted octanol–water partition coefficient (Wildman–Crippen LogP) is 1.02. The van der Waals surface area contributed by atoms with Crippen molar-refractivity contribution in [3.8, 4) is 6.07 Å². The van der Waals surface area contributed by atoms with Crippen LogP contribution < -0.4 is 0 Å². The highest BCUT2D eigenvalue weighted by Crippen LogP contribution is 2.19. The van der Waals surface area contributed by atoms with Gasteiger partial charge in [0.05, 0.1) is 25.0 Å². The number of ether oxygens (including phenoxy) is 1. The minimum atomic E-state index is -3.86. The van der Waals surface area contributed by atoms with E-state index in [1.165, 1.54) is 0 Å². The standard InChI is InChI=1S/C12H12F2N2O3S/c13-10-2-1-9(12(14)5-10)8-20(17,18)16-3-4-19-7-11(16)6-15/h1-2,5,11H,3-4,7-8H2/t11-/m1/s1. The third-order valence-electron chi connectivity index (χ3n) is 2.94. The molecule has 0 aromatic heterocycles. The van der Waals surface area contributed by atoms with E-state index in [0.29, 0.717) is 6.07 Å². The summed E-state index contributed by atoms with van der Waals surface area (Å²) < 4.78 is 56.8. The molecule has 2 rings (SSSR count). The van der Waals surface area contributed by atoms with Crippen LogP contribution in [0.3, 0.4) is 0 Å². The van der Waals surface area contributed by atoms with Crippen LogP contribution >= 0.6 is 0 Å². The molecule has 20 heavy (non-hydrogen) atoms. The Bertz CT molecular complexity index is 643. The van der Waals surface area contributed by atoms with Crippen molar-refractivity contribution in [2.24, 2.45) is 0 Å². The van der Waals surface area contributed by atoms with Crippen LogP contribution in [0.15, 0.2) is 18.2 Å². The lowest BCUT2D eigenvalue weighted by Gasteiger charge is -2.30. The number of nitrogens with zero attached hydrogens (tertiary/aromatic N) is 2. The number of hydrogen-bond donors (Lipinski definition) is 0. The molecular weight excluding hydrogens is 290 g/mol. The highest BCUT2D eigenvalue weighted by Gasteiger charge is 2.33. The van der Waals surface area contributed by atoms with Crippen molar-refractivity contribution in [2.45, 2.75) is 11.8 Å². The fraction of sp³-hybridized carbons (Fsp3) is 0.417. The lowest BCUT2D eigenvalue weighted by atomic mass is 10.2. The normalized spacial score (nSPS) is 20.6. The molecule has 1 aliphatic rings. The molecule has 1 aliphatic heterocycles. The molecule has 1 atom stereocenters. The van der Waals surface area contributed by atoms with Gasteiger partial charge in [0.1, 0.15) is 17.7 Å². The highest BCUT2D eigenvalue weighted by molar-refractivity contribution is 7.88. The number of sulfonamides is 1. The molecule has 0 amide bonds. The van der Waals surface area contributed by atoms with Gasteiger partial charge >= 0.3 is 0 Å². The van der Waals surface area contributed by atoms with Crippen LogP contribution in [-0.2, 0) is 20.5 Å². The van der Waals surface area contributed by atoms with Crippen LogP contribution in [0, 0.1) is 23.0 Å². The first-order chi connectivity index (χ1) is 9.44. The molecule has 0 bridgehead atoms. The lowest BCUT2D eigenvalue weighted by molar-refractivity contribution is 0.0511. The Morgan fingerprint density at radius 3 is 2.85 bits per heavy atom. The number of hydrogen-bond acceptors (Lipinski definition) is 4. The topological polar surface area (TPSA) is 70.4 Å². The predicted molar refractivity (Wildman–Crippen MR) is 65.9 cm³/mol. The molecule has 1 aromatic rings. The summed E-state index contributed by atoms with van der Waals surface area (Å²) in [6, 6.07) is 3.63. The molecule has 0 N–H and O–H groups in total. The summed E-state index contributed by atoms with van der Waals surface area (Å²) in [6.07, 6.45) is 0. The van der Waals surface area contributed by atoms with E-state index in [9.17, 15) is 17.2 Å². The maximum atomic E-state index is 13.5. The van der Waals surface area contributed by atoms with Crippen molar-refractivity contribution < 1.29 is 21.9 Å². The number of nitriles is 1. The average molecular weight is 302 g/mol. The van der Waals surface area contributed by atoms with Crippen molar-refractivity contribution in [3.63, 3.8) is 0 Å². The smallest absolute Gasteiger partial charge is 0.219 e. The Kier molecular flexibility index (Phi) is 4.32. The van der Waals surface area contributed by atoms with Crippen LogP contribution in [0.1, 0.15) is 5.56 Å². The summed E-state index contributed by atoms with van der Waals surface area (Å²) in [6.45, 7) is 0.217. The molecule has 8 heteroatoms. The van der Waals surface area contributed by atoms with E-state index in [2.05, 4.69) is 0 Å². The lowest BCUT2D eigenvalue weighted by Crippen LogP contribution is -2.48. The average Bonchev–Trinajstić information content (AvgIpc) is 2.42. The molecule has 1 saturated heterocycles. The van der Waals surface area contributed by atoms with E-state index in [-0.39, 0.29) is 25.3 Å². The van der Waals surface area contributed by atoms with E-state index in [1.807, 2.05) is 6.07 Å². The van der Waals surface area contributed by atoms with Crippen LogP contribution in [0.25, 0.3) is 0 Å². The summed E-state index contributed by atoms with van der Waals surface area (Å²) in [5, 5.41) is 8.92. The minimum Gasteiger partial charge on any atom is -0.377 e. The number of benzene rings is 1. The van der Waals surface area contributed by atoms with Crippen molar-refractivity contribution in [1.29, 1.82) is 5.26 Å². The fourth-order valence-corrected chi connectivity index (χ4v) is 3.58. The third-order valence-corrected chi connectivity index (χ3v) is 4.77. The van der Waals surface area contributed by atoms with Gasteiger partial charge in [0.2, 0.25) is 10.0 Å². The summed E-state index contributed by atoms with van der Waals surface area (Å²) in [4.78, 5) is 0. The fourth-order valence-electron chi connectivity index (χ4n) is 1.94. The molecule has 1 heterocycles. The molecule has 0 saturated carbocycles. The Morgan fingerprint density at radius 1 is 1.45 bits per heavy atom. The second kappa shape index (κ2) is 5.83. The van der Waals surface area contributed by atoms with Gasteiger partial charge in [-0.1, -0.05) is 6.07 Å². The molecule has 1 aromatic carbocycles. The maximum Gasteiger partial charge on any atom is 0.219 e. The van der Waals surface area contributed by atoms with Gasteiger partial charge in [0, 0.05) is 18.2 Å². The van der Waals surface area contributed by atoms with Crippen LogP contribution in [0.4, 0.5) is 8.78 Å². The zero-order valence-corrected chi connectivity index (χ0v) is 11.2. The highest BCUT2D eigenvalue weighted by atomic mass is 32.2. The molecule has 5 nitrogen and oxygen atoms in total. The molecule has 108 valence electrons. The molecule has 0 radical (unpaired) electrons. The van der Waals surface area contributed by atoms with Crippen LogP contribution in [-0.4, -0.2) is 38.5 Å². The molecule has 0 aliphatic carbocycles. The maximum absolute atomic E-state index is 13.5. The van der Waals surface area contributed by atoms with Gasteiger partial charge in [-0.25, -0.2) is 17.2 Å². The number of halogens is 2. The van der Waals surface area contributed by atoms with Crippen molar-refractivity contribution in [3.05, 3.63) is 35.4 Å². The first-order valence-electron chi connectivity index (χ1n) is 5.85. The zero-order valence-electron chi connectivity index (χ0n) is 10.4. The Balaban J connectivity index is 2.24. The monoisotopic (exact) mass is 302 g/mol. The van der Waals surface area contributed by atoms with Crippen molar-refractivity contribution in [1.82, 2.24) is 4.31 Å². The van der Waals surface area contributed by atoms with Crippen LogP contribution in [0.5, 0.6) is 0 Å². The van der Waals surface area contributed by atoms with E-state index in [4.69, 9.17) is 10.00 Å². The van der Waals surface area contributed by atoms with Crippen molar-refractivity contribution in [2.75, 3.05) is 19.8 Å². The second-order valence-corrected chi connectivity index (χ2v) is 6.24. The van der Waals surface area contributed by atoms with Gasteiger partial charge in [-0.2, -0.15) is 9.57 Å². The van der Waals surface area contributed by atoms with Crippen LogP contribution in [0.2, 0.25) is 0 Å². The zero-order chi connectivity index (χ0) is 14.8. The van der Waals surface area contributed by atoms with E-state index < -0.39 is 33.5 Å². The van der Waals surface area contributed by atoms with E-state index >= 15 is 0 Å². The van der Waals surface area contributed by atoms with Gasteiger partial charge in [-0.3, -0.25) is 0 Å². The van der Waals surface area contributed by atoms with Gasteiger partial charge in [-0.05, 0) is 6.07 Å². The molecule has 0 spiro atoms. The van der Waals surface area contributed by atoms with Gasteiger partial charge in [0.25, 0.3) is 0 Å². The summed E-state index contributed by atoms with van der Waals surface area (Å²) in [5.74, 6) is -2.31. The van der Waals surface area contributed by atoms with Gasteiger partial charge < -0.3 is 4.74 Å². The van der Waals surface area contributed by atoms with Crippen molar-refractivity contribution >= 4 is 10.0 Å². The summed E-state index contributed by atoms with van der Waals surface area (Å²) in [5.41, 5.74) is -0.130. The summed E-state index contributed by atoms with van der Waals surface area (Å²) in [7, 11) is -3.86. The van der Waals surface area contributed by atoms with E-state index in [0.717, 1.165) is 16.4 Å². The number of rotatable bonds is 3. The first-order valence-corrected chi connectivity index (χ1v) is 7.46. The minimum absolute atomic E-state index is 0.0123. The quantitative estimate of drug-likeness (QED) is 0.836.